The zero-order chi connectivity index (χ0) is 34.1. The Hall–Kier alpha value is -6.97. The van der Waals surface area contributed by atoms with Crippen molar-refractivity contribution in [3.05, 3.63) is 187 Å². The largest absolute Gasteiger partial charge is 0.309 e. The first-order valence-corrected chi connectivity index (χ1v) is 18.4. The van der Waals surface area contributed by atoms with Crippen LogP contribution in [-0.2, 0) is 0 Å². The van der Waals surface area contributed by atoms with E-state index in [4.69, 9.17) is 0 Å². The fourth-order valence-electron chi connectivity index (χ4n) is 7.53. The standard InChI is InChI=1S/C45H28N4Si/c46-29-32-22-24-42-40(26-32)41-27-33(30-47)23-25-43(41)49(42)36-14-11-13-34(28-36)39-19-8-10-21-45(39)50(37-15-3-1-4-16-37,38-17-5-2-6-18-38)44-20-9-7-12-35(44)31-48/h1-28H. The molecule has 0 bridgehead atoms. The second-order valence-electron chi connectivity index (χ2n) is 12.3. The smallest absolute Gasteiger partial charge is 0.181 e. The second kappa shape index (κ2) is 12.6. The number of nitrogens with zero attached hydrogens (tertiary/aromatic N) is 4. The van der Waals surface area contributed by atoms with Gasteiger partial charge in [0.1, 0.15) is 0 Å². The van der Waals surface area contributed by atoms with E-state index in [1.165, 1.54) is 15.6 Å². The van der Waals surface area contributed by atoms with Crippen LogP contribution in [0.15, 0.2) is 170 Å². The van der Waals surface area contributed by atoms with Gasteiger partial charge in [0.05, 0.1) is 45.9 Å². The first-order valence-electron chi connectivity index (χ1n) is 16.4. The molecule has 0 aliphatic heterocycles. The van der Waals surface area contributed by atoms with E-state index in [0.717, 1.165) is 43.8 Å². The first kappa shape index (κ1) is 30.4. The average molecular weight is 653 g/mol. The van der Waals surface area contributed by atoms with Crippen LogP contribution in [0.25, 0.3) is 38.6 Å². The molecule has 232 valence electrons. The van der Waals surface area contributed by atoms with E-state index in [1.807, 2.05) is 66.7 Å². The summed E-state index contributed by atoms with van der Waals surface area (Å²) in [5.41, 5.74) is 6.85. The monoisotopic (exact) mass is 652 g/mol. The number of fused-ring (bicyclic) bond motifs is 3. The third kappa shape index (κ3) is 4.80. The molecule has 50 heavy (non-hydrogen) atoms. The van der Waals surface area contributed by atoms with Gasteiger partial charge < -0.3 is 4.57 Å². The lowest BCUT2D eigenvalue weighted by Gasteiger charge is -2.36. The van der Waals surface area contributed by atoms with Crippen molar-refractivity contribution in [1.82, 2.24) is 4.57 Å². The van der Waals surface area contributed by atoms with Crippen molar-refractivity contribution < 1.29 is 0 Å². The molecule has 0 N–H and O–H groups in total. The van der Waals surface area contributed by atoms with Gasteiger partial charge in [0.2, 0.25) is 0 Å². The molecule has 0 amide bonds. The number of benzene rings is 7. The Bertz CT molecular complexity index is 2580. The Morgan fingerprint density at radius 2 is 0.980 bits per heavy atom. The molecule has 0 spiro atoms. The molecule has 0 saturated carbocycles. The number of nitriles is 3. The molecule has 0 aliphatic carbocycles. The molecule has 0 fully saturated rings. The highest BCUT2D eigenvalue weighted by molar-refractivity contribution is 7.20. The predicted molar refractivity (Wildman–Crippen MR) is 204 cm³/mol. The quantitative estimate of drug-likeness (QED) is 0.138. The summed E-state index contributed by atoms with van der Waals surface area (Å²) in [6.07, 6.45) is 0. The molecule has 5 heteroatoms. The highest BCUT2D eigenvalue weighted by Crippen LogP contribution is 2.34. The fraction of sp³-hybridized carbons (Fsp3) is 0. The minimum atomic E-state index is -3.08. The van der Waals surface area contributed by atoms with Crippen molar-refractivity contribution in [3.8, 4) is 35.0 Å². The van der Waals surface area contributed by atoms with Gasteiger partial charge in [-0.15, -0.1) is 0 Å². The van der Waals surface area contributed by atoms with Crippen molar-refractivity contribution in [2.24, 2.45) is 0 Å². The van der Waals surface area contributed by atoms with Gasteiger partial charge in [0.15, 0.2) is 8.07 Å². The molecule has 8 rings (SSSR count). The van der Waals surface area contributed by atoms with Crippen molar-refractivity contribution in [2.45, 2.75) is 0 Å². The van der Waals surface area contributed by atoms with Gasteiger partial charge >= 0.3 is 0 Å². The summed E-state index contributed by atoms with van der Waals surface area (Å²) < 4.78 is 2.21. The van der Waals surface area contributed by atoms with Crippen LogP contribution in [0.3, 0.4) is 0 Å². The third-order valence-electron chi connectivity index (χ3n) is 9.63. The first-order chi connectivity index (χ1) is 24.7. The number of hydrogen-bond acceptors (Lipinski definition) is 3. The van der Waals surface area contributed by atoms with Crippen LogP contribution in [-0.4, -0.2) is 12.6 Å². The summed E-state index contributed by atoms with van der Waals surface area (Å²) in [5, 5.41) is 36.4. The Kier molecular flexibility index (Phi) is 7.63. The summed E-state index contributed by atoms with van der Waals surface area (Å²) >= 11 is 0. The van der Waals surface area contributed by atoms with Crippen LogP contribution in [0, 0.1) is 34.0 Å². The Morgan fingerprint density at radius 3 is 1.56 bits per heavy atom. The molecule has 0 atom stereocenters. The lowest BCUT2D eigenvalue weighted by molar-refractivity contribution is 1.18. The number of hydrogen-bond donors (Lipinski definition) is 0. The average Bonchev–Trinajstić information content (AvgIpc) is 3.52. The second-order valence-corrected chi connectivity index (χ2v) is 16.0. The van der Waals surface area contributed by atoms with Crippen LogP contribution in [0.4, 0.5) is 0 Å². The molecule has 0 saturated heterocycles. The third-order valence-corrected chi connectivity index (χ3v) is 14.5. The topological polar surface area (TPSA) is 76.3 Å². The zero-order valence-electron chi connectivity index (χ0n) is 27.0. The summed E-state index contributed by atoms with van der Waals surface area (Å²) in [5.74, 6) is 0. The summed E-state index contributed by atoms with van der Waals surface area (Å²) in [6.45, 7) is 0. The molecule has 0 radical (unpaired) electrons. The van der Waals surface area contributed by atoms with E-state index in [9.17, 15) is 15.8 Å². The maximum atomic E-state index is 10.5. The predicted octanol–water partition coefficient (Wildman–Crippen LogP) is 7.44. The molecule has 1 aromatic heterocycles. The number of aromatic nitrogens is 1. The normalized spacial score (nSPS) is 11.1. The lowest BCUT2D eigenvalue weighted by Crippen LogP contribution is -2.75. The van der Waals surface area contributed by atoms with Gasteiger partial charge in [-0.25, -0.2) is 0 Å². The fourth-order valence-corrected chi connectivity index (χ4v) is 12.7. The van der Waals surface area contributed by atoms with Gasteiger partial charge in [-0.1, -0.05) is 115 Å². The van der Waals surface area contributed by atoms with E-state index >= 15 is 0 Å². The summed E-state index contributed by atoms with van der Waals surface area (Å²) in [6, 6.07) is 65.1. The van der Waals surface area contributed by atoms with Crippen LogP contribution in [0.2, 0.25) is 0 Å². The maximum Gasteiger partial charge on any atom is 0.181 e. The zero-order valence-corrected chi connectivity index (χ0v) is 28.0. The van der Waals surface area contributed by atoms with E-state index in [1.54, 1.807) is 0 Å². The highest BCUT2D eigenvalue weighted by atomic mass is 28.3. The van der Waals surface area contributed by atoms with Gasteiger partial charge in [-0.2, -0.15) is 15.8 Å². The Balaban J connectivity index is 1.43. The van der Waals surface area contributed by atoms with Crippen LogP contribution in [0.5, 0.6) is 0 Å². The summed E-state index contributed by atoms with van der Waals surface area (Å²) in [7, 11) is -3.08. The minimum absolute atomic E-state index is 0.572. The van der Waals surface area contributed by atoms with E-state index in [0.29, 0.717) is 16.7 Å². The summed E-state index contributed by atoms with van der Waals surface area (Å²) in [4.78, 5) is 0. The SMILES string of the molecule is N#Cc1ccc2c(c1)c1cc(C#N)ccc1n2-c1cccc(-c2ccccc2[Si](c2ccccc2)(c2ccccc2)c2ccccc2C#N)c1. The maximum absolute atomic E-state index is 10.5. The minimum Gasteiger partial charge on any atom is -0.309 e. The molecular weight excluding hydrogens is 625 g/mol. The van der Waals surface area contributed by atoms with Gasteiger partial charge in [0.25, 0.3) is 0 Å². The Labute approximate surface area is 291 Å². The van der Waals surface area contributed by atoms with Crippen LogP contribution < -0.4 is 20.7 Å². The molecule has 8 aromatic rings. The van der Waals surface area contributed by atoms with Gasteiger partial charge in [-0.3, -0.25) is 0 Å². The highest BCUT2D eigenvalue weighted by Gasteiger charge is 2.44. The molecular formula is C45H28N4Si. The van der Waals surface area contributed by atoms with Crippen molar-refractivity contribution in [1.29, 1.82) is 15.8 Å². The van der Waals surface area contributed by atoms with Crippen molar-refractivity contribution in [2.75, 3.05) is 0 Å². The molecule has 7 aromatic carbocycles. The molecule has 0 unspecified atom stereocenters. The molecule has 0 aliphatic rings. The number of rotatable bonds is 6. The lowest BCUT2D eigenvalue weighted by atomic mass is 10.0. The van der Waals surface area contributed by atoms with E-state index in [-0.39, 0.29) is 0 Å². The van der Waals surface area contributed by atoms with Crippen molar-refractivity contribution >= 4 is 50.6 Å². The van der Waals surface area contributed by atoms with E-state index in [2.05, 4.69) is 126 Å². The van der Waals surface area contributed by atoms with Gasteiger partial charge in [-0.05, 0) is 86.5 Å². The van der Waals surface area contributed by atoms with E-state index < -0.39 is 8.07 Å². The van der Waals surface area contributed by atoms with Crippen LogP contribution in [0.1, 0.15) is 16.7 Å². The molecule has 1 heterocycles. The molecule has 4 nitrogen and oxygen atoms in total. The van der Waals surface area contributed by atoms with Crippen molar-refractivity contribution in [3.63, 3.8) is 0 Å². The Morgan fingerprint density at radius 1 is 0.440 bits per heavy atom. The van der Waals surface area contributed by atoms with Crippen LogP contribution >= 0.6 is 0 Å². The van der Waals surface area contributed by atoms with Gasteiger partial charge in [0, 0.05) is 16.5 Å².